The first-order chi connectivity index (χ1) is 13.5. The summed E-state index contributed by atoms with van der Waals surface area (Å²) in [6.07, 6.45) is -5.03. The van der Waals surface area contributed by atoms with Crippen molar-refractivity contribution in [3.63, 3.8) is 0 Å². The van der Waals surface area contributed by atoms with E-state index >= 15 is 0 Å². The number of ether oxygens (including phenoxy) is 2. The van der Waals surface area contributed by atoms with Crippen LogP contribution < -0.4 is 4.74 Å². The van der Waals surface area contributed by atoms with Gasteiger partial charge in [-0.25, -0.2) is 0 Å². The van der Waals surface area contributed by atoms with E-state index in [0.29, 0.717) is 6.07 Å². The molecule has 154 valence electrons. The fourth-order valence-corrected chi connectivity index (χ4v) is 2.47. The van der Waals surface area contributed by atoms with Crippen LogP contribution in [0.4, 0.5) is 18.9 Å². The monoisotopic (exact) mass is 449 g/mol. The van der Waals surface area contributed by atoms with Gasteiger partial charge in [0.1, 0.15) is 18.1 Å². The first-order valence-electron chi connectivity index (χ1n) is 7.78. The Balaban J connectivity index is 2.27. The predicted octanol–water partition coefficient (Wildman–Crippen LogP) is 5.90. The van der Waals surface area contributed by atoms with Gasteiger partial charge in [-0.15, -0.1) is 0 Å². The molecular weight excluding hydrogens is 438 g/mol. The third-order valence-corrected chi connectivity index (χ3v) is 3.86. The lowest BCUT2D eigenvalue weighted by Gasteiger charge is -2.12. The van der Waals surface area contributed by atoms with Crippen LogP contribution in [0.3, 0.4) is 0 Å². The van der Waals surface area contributed by atoms with Crippen LogP contribution >= 0.6 is 23.2 Å². The number of hydrogen-bond donors (Lipinski definition) is 0. The molecule has 6 nitrogen and oxygen atoms in total. The number of rotatable bonds is 7. The fraction of sp³-hybridized carbons (Fsp3) is 0.167. The van der Waals surface area contributed by atoms with Crippen LogP contribution in [-0.4, -0.2) is 17.5 Å². The van der Waals surface area contributed by atoms with Crippen molar-refractivity contribution in [3.8, 4) is 11.5 Å². The van der Waals surface area contributed by atoms with E-state index in [1.165, 1.54) is 12.1 Å². The number of carbonyl (C=O) groups excluding carboxylic acids is 1. The van der Waals surface area contributed by atoms with Crippen LogP contribution in [0.5, 0.6) is 11.5 Å². The van der Waals surface area contributed by atoms with E-state index in [2.05, 4.69) is 6.58 Å². The van der Waals surface area contributed by atoms with Crippen LogP contribution in [0, 0.1) is 10.1 Å². The molecule has 0 aromatic heterocycles. The second-order valence-electron chi connectivity index (χ2n) is 5.65. The van der Waals surface area contributed by atoms with Gasteiger partial charge in [0.05, 0.1) is 21.9 Å². The average molecular weight is 450 g/mol. The standard InChI is InChI=1S/C18H12Cl2F3NO5/c1-10(19)9-28-17(25)7-11-6-13(3-4-15(11)24(26)27)29-16-5-2-12(8-14(16)20)18(21,22)23/h2-6,8H,1,7,9H2. The fourth-order valence-electron chi connectivity index (χ4n) is 2.20. The summed E-state index contributed by atoms with van der Waals surface area (Å²) in [5.41, 5.74) is -1.35. The van der Waals surface area contributed by atoms with Crippen molar-refractivity contribution >= 4 is 34.9 Å². The van der Waals surface area contributed by atoms with Crippen LogP contribution in [0.25, 0.3) is 0 Å². The maximum atomic E-state index is 12.7. The van der Waals surface area contributed by atoms with Crippen molar-refractivity contribution in [1.29, 1.82) is 0 Å². The molecule has 0 N–H and O–H groups in total. The van der Waals surface area contributed by atoms with Gasteiger partial charge in [0, 0.05) is 16.7 Å². The minimum absolute atomic E-state index is 0.0271. The summed E-state index contributed by atoms with van der Waals surface area (Å²) >= 11 is 11.3. The van der Waals surface area contributed by atoms with Crippen LogP contribution in [0.15, 0.2) is 48.0 Å². The number of carbonyl (C=O) groups is 1. The highest BCUT2D eigenvalue weighted by Crippen LogP contribution is 2.37. The van der Waals surface area contributed by atoms with Crippen LogP contribution in [0.2, 0.25) is 5.02 Å². The van der Waals surface area contributed by atoms with Gasteiger partial charge in [-0.3, -0.25) is 14.9 Å². The van der Waals surface area contributed by atoms with Gasteiger partial charge in [0.15, 0.2) is 0 Å². The van der Waals surface area contributed by atoms with E-state index in [1.54, 1.807) is 0 Å². The van der Waals surface area contributed by atoms with Crippen molar-refractivity contribution in [3.05, 3.63) is 74.3 Å². The molecule has 0 aliphatic rings. The van der Waals surface area contributed by atoms with Gasteiger partial charge in [-0.2, -0.15) is 13.2 Å². The molecule has 0 amide bonds. The molecule has 11 heteroatoms. The van der Waals surface area contributed by atoms with Gasteiger partial charge in [-0.05, 0) is 30.3 Å². The highest BCUT2D eigenvalue weighted by molar-refractivity contribution is 6.32. The largest absolute Gasteiger partial charge is 0.460 e. The smallest absolute Gasteiger partial charge is 0.416 e. The normalized spacial score (nSPS) is 11.1. The number of hydrogen-bond acceptors (Lipinski definition) is 5. The number of nitrogens with zero attached hydrogens (tertiary/aromatic N) is 1. The van der Waals surface area contributed by atoms with Crippen molar-refractivity contribution in [2.24, 2.45) is 0 Å². The van der Waals surface area contributed by atoms with Gasteiger partial charge in [0.25, 0.3) is 5.69 Å². The Kier molecular flexibility index (Phi) is 7.10. The Bertz CT molecular complexity index is 963. The molecule has 0 aliphatic carbocycles. The number of esters is 1. The zero-order valence-electron chi connectivity index (χ0n) is 14.5. The third kappa shape index (κ3) is 6.37. The molecule has 2 rings (SSSR count). The highest BCUT2D eigenvalue weighted by atomic mass is 35.5. The Labute approximate surface area is 172 Å². The van der Waals surface area contributed by atoms with E-state index in [1.807, 2.05) is 0 Å². The van der Waals surface area contributed by atoms with Crippen molar-refractivity contribution < 1.29 is 32.4 Å². The van der Waals surface area contributed by atoms with E-state index in [-0.39, 0.29) is 39.4 Å². The molecular formula is C18H12Cl2F3NO5. The molecule has 2 aromatic rings. The van der Waals surface area contributed by atoms with E-state index in [9.17, 15) is 28.1 Å². The number of nitro groups is 1. The molecule has 0 spiro atoms. The van der Waals surface area contributed by atoms with Crippen molar-refractivity contribution in [1.82, 2.24) is 0 Å². The van der Waals surface area contributed by atoms with Crippen molar-refractivity contribution in [2.75, 3.05) is 6.61 Å². The summed E-state index contributed by atoms with van der Waals surface area (Å²) in [5, 5.41) is 10.9. The Morgan fingerprint density at radius 3 is 2.45 bits per heavy atom. The van der Waals surface area contributed by atoms with E-state index in [0.717, 1.165) is 18.2 Å². The number of alkyl halides is 3. The zero-order chi connectivity index (χ0) is 21.8. The number of halogens is 5. The lowest BCUT2D eigenvalue weighted by molar-refractivity contribution is -0.385. The van der Waals surface area contributed by atoms with Gasteiger partial charge in [0.2, 0.25) is 0 Å². The quantitative estimate of drug-likeness (QED) is 0.298. The molecule has 0 saturated carbocycles. The summed E-state index contributed by atoms with van der Waals surface area (Å²) in [5.74, 6) is -0.859. The molecule has 0 saturated heterocycles. The summed E-state index contributed by atoms with van der Waals surface area (Å²) in [6.45, 7) is 3.09. The number of nitro benzene ring substituents is 1. The summed E-state index contributed by atoms with van der Waals surface area (Å²) in [4.78, 5) is 22.3. The lowest BCUT2D eigenvalue weighted by atomic mass is 10.1. The zero-order valence-corrected chi connectivity index (χ0v) is 16.0. The van der Waals surface area contributed by atoms with E-state index < -0.39 is 29.1 Å². The minimum atomic E-state index is -4.57. The van der Waals surface area contributed by atoms with Crippen molar-refractivity contribution in [2.45, 2.75) is 12.6 Å². The molecule has 0 atom stereocenters. The lowest BCUT2D eigenvalue weighted by Crippen LogP contribution is -2.10. The predicted molar refractivity (Wildman–Crippen MR) is 99.3 cm³/mol. The molecule has 0 bridgehead atoms. The molecule has 0 radical (unpaired) electrons. The first-order valence-corrected chi connectivity index (χ1v) is 8.54. The Morgan fingerprint density at radius 1 is 1.21 bits per heavy atom. The molecule has 2 aromatic carbocycles. The van der Waals surface area contributed by atoms with Gasteiger partial charge < -0.3 is 9.47 Å². The summed E-state index contributed by atoms with van der Waals surface area (Å²) < 4.78 is 48.4. The second-order valence-corrected chi connectivity index (χ2v) is 6.59. The van der Waals surface area contributed by atoms with E-state index in [4.69, 9.17) is 32.7 Å². The van der Waals surface area contributed by atoms with Crippen LogP contribution in [-0.2, 0) is 22.1 Å². The maximum absolute atomic E-state index is 12.7. The van der Waals surface area contributed by atoms with Gasteiger partial charge >= 0.3 is 12.1 Å². The summed E-state index contributed by atoms with van der Waals surface area (Å²) in [6, 6.07) is 6.01. The van der Waals surface area contributed by atoms with Gasteiger partial charge in [-0.1, -0.05) is 29.8 Å². The SMILES string of the molecule is C=C(Cl)COC(=O)Cc1cc(Oc2ccc(C(F)(F)F)cc2Cl)ccc1[N+](=O)[O-]. The molecule has 0 unspecified atom stereocenters. The highest BCUT2D eigenvalue weighted by Gasteiger charge is 2.31. The Morgan fingerprint density at radius 2 is 1.90 bits per heavy atom. The molecule has 29 heavy (non-hydrogen) atoms. The van der Waals surface area contributed by atoms with Crippen LogP contribution in [0.1, 0.15) is 11.1 Å². The number of benzene rings is 2. The average Bonchev–Trinajstić information content (AvgIpc) is 2.60. The topological polar surface area (TPSA) is 78.7 Å². The third-order valence-electron chi connectivity index (χ3n) is 3.46. The maximum Gasteiger partial charge on any atom is 0.416 e. The molecule has 0 heterocycles. The first kappa shape index (κ1) is 22.5. The molecule has 0 aliphatic heterocycles. The molecule has 0 fully saturated rings. The summed E-state index contributed by atoms with van der Waals surface area (Å²) in [7, 11) is 0. The Hall–Kier alpha value is -2.78. The second kappa shape index (κ2) is 9.15. The minimum Gasteiger partial charge on any atom is -0.460 e.